The van der Waals surface area contributed by atoms with Gasteiger partial charge >= 0.3 is 149 Å². The molecule has 0 unspecified atom stereocenters. The number of halogens is 1. The van der Waals surface area contributed by atoms with Crippen molar-refractivity contribution in [2.45, 2.75) is 79.5 Å². The van der Waals surface area contributed by atoms with Crippen LogP contribution >= 0.6 is 11.6 Å². The van der Waals surface area contributed by atoms with E-state index in [4.69, 9.17) is 16.3 Å². The molecule has 0 aliphatic carbocycles. The number of hydrogen-bond donors (Lipinski definition) is 0. The number of hydrogen-bond acceptors (Lipinski definition) is 1. The van der Waals surface area contributed by atoms with Gasteiger partial charge in [0.05, 0.1) is 0 Å². The second-order valence-corrected chi connectivity index (χ2v) is 19.9. The van der Waals surface area contributed by atoms with Crippen LogP contribution in [0.25, 0.3) is 0 Å². The molecule has 0 aromatic carbocycles. The minimum absolute atomic E-state index is 0.805. The molecule has 0 bridgehead atoms. The molecule has 0 heterocycles. The molecule has 0 aromatic rings. The summed E-state index contributed by atoms with van der Waals surface area (Å²) in [6, 6.07) is 0. The summed E-state index contributed by atoms with van der Waals surface area (Å²) in [6.07, 6.45) is 12.4. The van der Waals surface area contributed by atoms with Gasteiger partial charge in [0, 0.05) is 0 Å². The fourth-order valence-corrected chi connectivity index (χ4v) is 19.4. The third kappa shape index (κ3) is 8.98. The van der Waals surface area contributed by atoms with E-state index >= 15 is 0 Å². The van der Waals surface area contributed by atoms with E-state index in [2.05, 4.69) is 33.8 Å². The molecule has 0 amide bonds. The zero-order chi connectivity index (χ0) is 16.7. The average Bonchev–Trinajstić information content (AvgIpc) is 2.55. The van der Waals surface area contributed by atoms with Crippen molar-refractivity contribution < 1.29 is 4.74 Å². The first-order valence-corrected chi connectivity index (χ1v) is 17.2. The molecule has 0 saturated heterocycles. The Morgan fingerprint density at radius 2 is 1.41 bits per heavy atom. The summed E-state index contributed by atoms with van der Waals surface area (Å²) in [4.78, 5) is 0. The fourth-order valence-electron chi connectivity index (χ4n) is 3.14. The third-order valence-corrected chi connectivity index (χ3v) is 20.7. The molecule has 0 fully saturated rings. The van der Waals surface area contributed by atoms with Crippen molar-refractivity contribution in [2.24, 2.45) is 0 Å². The minimum atomic E-state index is -2.32. The average molecular weight is 436 g/mol. The van der Waals surface area contributed by atoms with Crippen LogP contribution in [0.1, 0.15) is 66.2 Å². The van der Waals surface area contributed by atoms with E-state index in [-0.39, 0.29) is 0 Å². The molecule has 130 valence electrons. The Hall–Kier alpha value is 0.529. The van der Waals surface area contributed by atoms with Crippen molar-refractivity contribution in [3.63, 3.8) is 0 Å². The van der Waals surface area contributed by atoms with Crippen LogP contribution in [0.4, 0.5) is 0 Å². The van der Waals surface area contributed by atoms with Crippen LogP contribution < -0.4 is 0 Å². The maximum atomic E-state index is 5.85. The van der Waals surface area contributed by atoms with Crippen LogP contribution in [0, 0.1) is 0 Å². The van der Waals surface area contributed by atoms with E-state index < -0.39 is 18.4 Å². The summed E-state index contributed by atoms with van der Waals surface area (Å²) in [5.41, 5.74) is 1.64. The molecule has 0 saturated carbocycles. The van der Waals surface area contributed by atoms with Crippen LogP contribution in [-0.4, -0.2) is 31.6 Å². The molecule has 0 atom stereocenters. The summed E-state index contributed by atoms with van der Waals surface area (Å²) < 4.78 is 12.0. The van der Waals surface area contributed by atoms with Gasteiger partial charge in [-0.3, -0.25) is 0 Å². The Kier molecular flexibility index (Phi) is 15.4. The summed E-state index contributed by atoms with van der Waals surface area (Å²) in [5, 5.41) is 0. The molecule has 0 aliphatic rings. The molecule has 1 nitrogen and oxygen atoms in total. The number of unbranched alkanes of at least 4 members (excludes halogenated alkanes) is 3. The van der Waals surface area contributed by atoms with E-state index in [0.29, 0.717) is 0 Å². The Morgan fingerprint density at radius 1 is 0.909 bits per heavy atom. The molecule has 22 heavy (non-hydrogen) atoms. The van der Waals surface area contributed by atoms with Gasteiger partial charge in [0.15, 0.2) is 0 Å². The molecule has 0 N–H and O–H groups in total. The third-order valence-electron chi connectivity index (χ3n) is 4.54. The van der Waals surface area contributed by atoms with Gasteiger partial charge in [-0.15, -0.1) is 0 Å². The SMILES string of the molecule is CCC[CH2][Sn]([CH2]CCC)([CH2]CCC)/[C](=C\C=C\Cl)COCC. The fraction of sp³-hybridized carbons (Fsp3) is 0.789. The van der Waals surface area contributed by atoms with Crippen molar-refractivity contribution in [1.82, 2.24) is 0 Å². The van der Waals surface area contributed by atoms with Gasteiger partial charge in [-0.1, -0.05) is 0 Å². The van der Waals surface area contributed by atoms with E-state index in [1.165, 1.54) is 51.8 Å². The van der Waals surface area contributed by atoms with Crippen LogP contribution in [-0.2, 0) is 4.74 Å². The summed E-state index contributed by atoms with van der Waals surface area (Å²) >= 11 is 3.48. The Balaban J connectivity index is 5.43. The van der Waals surface area contributed by atoms with Crippen molar-refractivity contribution in [3.05, 3.63) is 21.3 Å². The number of rotatable bonds is 14. The summed E-state index contributed by atoms with van der Waals surface area (Å²) in [7, 11) is 0. The van der Waals surface area contributed by atoms with Crippen LogP contribution in [0.15, 0.2) is 21.3 Å². The van der Waals surface area contributed by atoms with E-state index in [1.807, 2.05) is 6.08 Å². The zero-order valence-electron chi connectivity index (χ0n) is 15.3. The van der Waals surface area contributed by atoms with Gasteiger partial charge in [0.2, 0.25) is 0 Å². The molecule has 3 heteroatoms. The van der Waals surface area contributed by atoms with Crippen molar-refractivity contribution in [3.8, 4) is 0 Å². The van der Waals surface area contributed by atoms with Gasteiger partial charge < -0.3 is 0 Å². The monoisotopic (exact) mass is 436 g/mol. The van der Waals surface area contributed by atoms with Gasteiger partial charge in [0.25, 0.3) is 0 Å². The second-order valence-electron chi connectivity index (χ2n) is 6.24. The van der Waals surface area contributed by atoms with Crippen LogP contribution in [0.3, 0.4) is 0 Å². The topological polar surface area (TPSA) is 9.23 Å². The standard InChI is InChI=1S/C7H10ClO.3C4H9.Sn/c1-2-9-7-5-3-4-6-8;3*1-3-4-2;/h3-4,6H,2,7H2,1H3;3*1,3-4H2,2H3;/b5-3?,6-4+;;;;. The first-order valence-electron chi connectivity index (χ1n) is 9.24. The maximum absolute atomic E-state index is 5.85. The Morgan fingerprint density at radius 3 is 1.77 bits per heavy atom. The van der Waals surface area contributed by atoms with Crippen LogP contribution in [0.2, 0.25) is 13.3 Å². The van der Waals surface area contributed by atoms with Gasteiger partial charge in [-0.2, -0.15) is 0 Å². The zero-order valence-corrected chi connectivity index (χ0v) is 18.9. The van der Waals surface area contributed by atoms with Gasteiger partial charge in [-0.05, 0) is 0 Å². The Labute approximate surface area is 148 Å². The van der Waals surface area contributed by atoms with Crippen molar-refractivity contribution in [1.29, 1.82) is 0 Å². The van der Waals surface area contributed by atoms with Crippen LogP contribution in [0.5, 0.6) is 0 Å². The number of allylic oxidation sites excluding steroid dienone is 2. The van der Waals surface area contributed by atoms with Crippen molar-refractivity contribution >= 4 is 30.0 Å². The van der Waals surface area contributed by atoms with Gasteiger partial charge in [-0.25, -0.2) is 0 Å². The van der Waals surface area contributed by atoms with Crippen molar-refractivity contribution in [2.75, 3.05) is 13.2 Å². The Bertz CT molecular complexity index is 291. The normalized spacial score (nSPS) is 13.2. The molecule has 0 spiro atoms. The first-order chi connectivity index (χ1) is 10.7. The molecular formula is C19H37ClOSn. The predicted octanol–water partition coefficient (Wildman–Crippen LogP) is 7.09. The van der Waals surface area contributed by atoms with E-state index in [0.717, 1.165) is 13.2 Å². The molecular weight excluding hydrogens is 398 g/mol. The quantitative estimate of drug-likeness (QED) is 0.209. The summed E-state index contributed by atoms with van der Waals surface area (Å²) in [6.45, 7) is 10.7. The second kappa shape index (κ2) is 15.1. The first kappa shape index (κ1) is 22.5. The summed E-state index contributed by atoms with van der Waals surface area (Å²) in [5.74, 6) is 0. The van der Waals surface area contributed by atoms with E-state index in [1.54, 1.807) is 9.12 Å². The number of ether oxygens (including phenoxy) is 1. The molecule has 0 radical (unpaired) electrons. The van der Waals surface area contributed by atoms with E-state index in [9.17, 15) is 0 Å². The predicted molar refractivity (Wildman–Crippen MR) is 104 cm³/mol. The molecule has 0 aliphatic heterocycles. The van der Waals surface area contributed by atoms with Gasteiger partial charge in [0.1, 0.15) is 0 Å². The molecule has 0 aromatic heterocycles. The molecule has 0 rings (SSSR count).